The van der Waals surface area contributed by atoms with Gasteiger partial charge in [0.25, 0.3) is 0 Å². The number of carbonyl (C=O) groups is 1. The lowest BCUT2D eigenvalue weighted by atomic mass is 9.90. The fourth-order valence-electron chi connectivity index (χ4n) is 0.844. The first-order valence-corrected chi connectivity index (χ1v) is 4.63. The van der Waals surface area contributed by atoms with Crippen LogP contribution in [0.25, 0.3) is 0 Å². The topological polar surface area (TPSA) is 43.1 Å². The Morgan fingerprint density at radius 2 is 2.00 bits per heavy atom. The number of thiophene rings is 1. The molecule has 0 unspecified atom stereocenters. The van der Waals surface area contributed by atoms with Gasteiger partial charge in [0, 0.05) is 5.41 Å². The Bertz CT molecular complexity index is 296. The highest BCUT2D eigenvalue weighted by Gasteiger charge is 2.23. The van der Waals surface area contributed by atoms with E-state index in [1.807, 2.05) is 20.8 Å². The molecule has 1 heterocycles. The standard InChI is InChI=1S/C9H13NOS/c1-9(2,3)8(11)6-4-5-7(10)12-6/h4-5H,10H2,1-3H3. The number of Topliss-reactive ketones (excluding diaryl/α,β-unsaturated/α-hetero) is 1. The third kappa shape index (κ3) is 1.85. The van der Waals surface area contributed by atoms with Crippen molar-refractivity contribution in [3.63, 3.8) is 0 Å². The number of rotatable bonds is 1. The van der Waals surface area contributed by atoms with E-state index in [0.717, 1.165) is 4.88 Å². The SMILES string of the molecule is CC(C)(C)C(=O)c1ccc(N)s1. The Morgan fingerprint density at radius 1 is 1.42 bits per heavy atom. The Hall–Kier alpha value is -0.830. The van der Waals surface area contributed by atoms with Gasteiger partial charge in [-0.05, 0) is 12.1 Å². The number of hydrogen-bond acceptors (Lipinski definition) is 3. The third-order valence-electron chi connectivity index (χ3n) is 1.53. The summed E-state index contributed by atoms with van der Waals surface area (Å²) >= 11 is 1.35. The zero-order valence-corrected chi connectivity index (χ0v) is 8.37. The minimum atomic E-state index is -0.308. The lowest BCUT2D eigenvalue weighted by molar-refractivity contribution is 0.0863. The van der Waals surface area contributed by atoms with Crippen molar-refractivity contribution in [3.05, 3.63) is 17.0 Å². The molecule has 2 N–H and O–H groups in total. The Kier molecular flexibility index (Phi) is 2.24. The van der Waals surface area contributed by atoms with E-state index in [0.29, 0.717) is 5.00 Å². The van der Waals surface area contributed by atoms with Crippen LogP contribution in [0.4, 0.5) is 5.00 Å². The first-order valence-electron chi connectivity index (χ1n) is 3.81. The van der Waals surface area contributed by atoms with Gasteiger partial charge in [-0.2, -0.15) is 0 Å². The van der Waals surface area contributed by atoms with E-state index >= 15 is 0 Å². The van der Waals surface area contributed by atoms with Gasteiger partial charge in [-0.25, -0.2) is 0 Å². The maximum Gasteiger partial charge on any atom is 0.178 e. The molecule has 0 spiro atoms. The highest BCUT2D eigenvalue weighted by molar-refractivity contribution is 7.17. The molecule has 66 valence electrons. The lowest BCUT2D eigenvalue weighted by Crippen LogP contribution is -2.18. The van der Waals surface area contributed by atoms with E-state index in [-0.39, 0.29) is 11.2 Å². The van der Waals surface area contributed by atoms with Crippen LogP contribution in [0.5, 0.6) is 0 Å². The third-order valence-corrected chi connectivity index (χ3v) is 2.44. The van der Waals surface area contributed by atoms with Crippen molar-refractivity contribution in [1.29, 1.82) is 0 Å². The number of ketones is 1. The van der Waals surface area contributed by atoms with Gasteiger partial charge in [0.15, 0.2) is 5.78 Å². The summed E-state index contributed by atoms with van der Waals surface area (Å²) in [7, 11) is 0. The number of hydrogen-bond donors (Lipinski definition) is 1. The molecule has 0 saturated heterocycles. The van der Waals surface area contributed by atoms with Crippen molar-refractivity contribution in [3.8, 4) is 0 Å². The van der Waals surface area contributed by atoms with Crippen LogP contribution in [-0.2, 0) is 0 Å². The molecule has 0 bridgehead atoms. The molecule has 1 aromatic rings. The molecule has 0 aromatic carbocycles. The summed E-state index contributed by atoms with van der Waals surface area (Å²) in [5, 5.41) is 0.697. The van der Waals surface area contributed by atoms with Gasteiger partial charge in [-0.3, -0.25) is 4.79 Å². The van der Waals surface area contributed by atoms with Crippen molar-refractivity contribution in [1.82, 2.24) is 0 Å². The van der Waals surface area contributed by atoms with Gasteiger partial charge in [0.2, 0.25) is 0 Å². The zero-order chi connectivity index (χ0) is 9.35. The van der Waals surface area contributed by atoms with Gasteiger partial charge in [0.1, 0.15) is 0 Å². The van der Waals surface area contributed by atoms with E-state index in [2.05, 4.69) is 0 Å². The van der Waals surface area contributed by atoms with Gasteiger partial charge in [0.05, 0.1) is 9.88 Å². The molecule has 0 radical (unpaired) electrons. The summed E-state index contributed by atoms with van der Waals surface area (Å²) in [6.45, 7) is 5.72. The van der Waals surface area contributed by atoms with Crippen LogP contribution in [0.3, 0.4) is 0 Å². The molecule has 0 fully saturated rings. The first kappa shape index (κ1) is 9.26. The van der Waals surface area contributed by atoms with Crippen LogP contribution in [-0.4, -0.2) is 5.78 Å². The van der Waals surface area contributed by atoms with E-state index in [9.17, 15) is 4.79 Å². The average molecular weight is 183 g/mol. The Balaban J connectivity index is 2.93. The first-order chi connectivity index (χ1) is 5.41. The molecule has 0 aliphatic rings. The molecule has 3 heteroatoms. The van der Waals surface area contributed by atoms with Crippen LogP contribution in [0.1, 0.15) is 30.4 Å². The predicted octanol–water partition coefficient (Wildman–Crippen LogP) is 2.56. The van der Waals surface area contributed by atoms with E-state index in [4.69, 9.17) is 5.73 Å². The molecule has 0 saturated carbocycles. The second-order valence-corrected chi connectivity index (χ2v) is 4.90. The van der Waals surface area contributed by atoms with E-state index in [1.54, 1.807) is 12.1 Å². The molecular formula is C9H13NOS. The molecule has 0 aliphatic heterocycles. The fraction of sp³-hybridized carbons (Fsp3) is 0.444. The maximum atomic E-state index is 11.6. The average Bonchev–Trinajstić information content (AvgIpc) is 2.32. The summed E-state index contributed by atoms with van der Waals surface area (Å²) in [6, 6.07) is 3.55. The van der Waals surface area contributed by atoms with Crippen LogP contribution >= 0.6 is 11.3 Å². The summed E-state index contributed by atoms with van der Waals surface area (Å²) in [5.74, 6) is 0.157. The quantitative estimate of drug-likeness (QED) is 0.680. The second-order valence-electron chi connectivity index (χ2n) is 3.78. The number of nitrogens with two attached hydrogens (primary N) is 1. The van der Waals surface area contributed by atoms with Gasteiger partial charge in [-0.1, -0.05) is 20.8 Å². The van der Waals surface area contributed by atoms with Crippen LogP contribution < -0.4 is 5.73 Å². The Morgan fingerprint density at radius 3 is 2.33 bits per heavy atom. The van der Waals surface area contributed by atoms with Crippen molar-refractivity contribution in [2.45, 2.75) is 20.8 Å². The van der Waals surface area contributed by atoms with Crippen LogP contribution in [0, 0.1) is 5.41 Å². The molecule has 0 atom stereocenters. The van der Waals surface area contributed by atoms with Gasteiger partial charge < -0.3 is 5.73 Å². The number of anilines is 1. The smallest absolute Gasteiger partial charge is 0.178 e. The molecular weight excluding hydrogens is 170 g/mol. The maximum absolute atomic E-state index is 11.6. The number of carbonyl (C=O) groups excluding carboxylic acids is 1. The largest absolute Gasteiger partial charge is 0.391 e. The summed E-state index contributed by atoms with van der Waals surface area (Å²) < 4.78 is 0. The summed E-state index contributed by atoms with van der Waals surface area (Å²) in [4.78, 5) is 12.4. The number of nitrogen functional groups attached to an aromatic ring is 1. The summed E-state index contributed by atoms with van der Waals surface area (Å²) in [6.07, 6.45) is 0. The molecule has 1 rings (SSSR count). The highest BCUT2D eigenvalue weighted by Crippen LogP contribution is 2.26. The van der Waals surface area contributed by atoms with E-state index in [1.165, 1.54) is 11.3 Å². The second kappa shape index (κ2) is 2.90. The lowest BCUT2D eigenvalue weighted by Gasteiger charge is -2.14. The molecule has 2 nitrogen and oxygen atoms in total. The van der Waals surface area contributed by atoms with Crippen LogP contribution in [0.2, 0.25) is 0 Å². The molecule has 12 heavy (non-hydrogen) atoms. The van der Waals surface area contributed by atoms with Gasteiger partial charge in [-0.15, -0.1) is 11.3 Å². The van der Waals surface area contributed by atoms with Crippen LogP contribution in [0.15, 0.2) is 12.1 Å². The molecule has 1 aromatic heterocycles. The molecule has 0 amide bonds. The minimum Gasteiger partial charge on any atom is -0.391 e. The minimum absolute atomic E-state index is 0.157. The predicted molar refractivity (Wildman–Crippen MR) is 52.5 cm³/mol. The monoisotopic (exact) mass is 183 g/mol. The highest BCUT2D eigenvalue weighted by atomic mass is 32.1. The van der Waals surface area contributed by atoms with Crippen molar-refractivity contribution >= 4 is 22.1 Å². The normalized spacial score (nSPS) is 11.6. The van der Waals surface area contributed by atoms with Crippen molar-refractivity contribution in [2.75, 3.05) is 5.73 Å². The van der Waals surface area contributed by atoms with Crippen molar-refractivity contribution in [2.24, 2.45) is 5.41 Å². The zero-order valence-electron chi connectivity index (χ0n) is 7.55. The van der Waals surface area contributed by atoms with Crippen molar-refractivity contribution < 1.29 is 4.79 Å². The Labute approximate surface area is 76.4 Å². The summed E-state index contributed by atoms with van der Waals surface area (Å²) in [5.41, 5.74) is 5.22. The fourth-order valence-corrected chi connectivity index (χ4v) is 1.77. The molecule has 0 aliphatic carbocycles. The van der Waals surface area contributed by atoms with Gasteiger partial charge >= 0.3 is 0 Å². The van der Waals surface area contributed by atoms with E-state index < -0.39 is 0 Å².